The van der Waals surface area contributed by atoms with Crippen molar-refractivity contribution < 1.29 is 17.9 Å². The summed E-state index contributed by atoms with van der Waals surface area (Å²) < 4.78 is 26.1. The molecule has 13 heavy (non-hydrogen) atoms. The van der Waals surface area contributed by atoms with Gasteiger partial charge in [0.2, 0.25) is 3.12 Å². The Morgan fingerprint density at radius 1 is 1.62 bits per heavy atom. The minimum Gasteiger partial charge on any atom is -0.458 e. The highest BCUT2D eigenvalue weighted by Gasteiger charge is 2.62. The number of ether oxygens (including phenoxy) is 1. The average molecular weight is 290 g/mol. The number of hydrogen-bond donors (Lipinski definition) is 0. The molecular formula is C6H6BrClO4S. The predicted molar refractivity (Wildman–Crippen MR) is 49.3 cm³/mol. The van der Waals surface area contributed by atoms with Gasteiger partial charge in [-0.2, -0.15) is 0 Å². The molecule has 3 atom stereocenters. The van der Waals surface area contributed by atoms with Crippen LogP contribution in [0, 0.1) is 5.92 Å². The van der Waals surface area contributed by atoms with Crippen molar-refractivity contribution in [3.63, 3.8) is 0 Å². The van der Waals surface area contributed by atoms with E-state index in [0.717, 1.165) is 0 Å². The van der Waals surface area contributed by atoms with E-state index in [0.29, 0.717) is 0 Å². The second-order valence-electron chi connectivity index (χ2n) is 3.22. The van der Waals surface area contributed by atoms with Crippen molar-refractivity contribution in [1.82, 2.24) is 0 Å². The minimum absolute atomic E-state index is 0.0852. The van der Waals surface area contributed by atoms with Crippen molar-refractivity contribution in [2.75, 3.05) is 5.75 Å². The summed E-state index contributed by atoms with van der Waals surface area (Å²) in [6.45, 7) is 0. The Balaban J connectivity index is 2.42. The maximum Gasteiger partial charge on any atom is 0.306 e. The first-order valence-corrected chi connectivity index (χ1v) is 6.46. The van der Waals surface area contributed by atoms with Crippen LogP contribution >= 0.6 is 27.5 Å². The molecule has 2 aliphatic rings. The second-order valence-corrected chi connectivity index (χ2v) is 8.48. The summed E-state index contributed by atoms with van der Waals surface area (Å²) in [7, 11) is -3.40. The van der Waals surface area contributed by atoms with E-state index in [1.165, 1.54) is 0 Å². The van der Waals surface area contributed by atoms with Gasteiger partial charge in [0, 0.05) is 5.92 Å². The van der Waals surface area contributed by atoms with Crippen molar-refractivity contribution in [1.29, 1.82) is 0 Å². The summed E-state index contributed by atoms with van der Waals surface area (Å²) >= 11 is 8.68. The number of alkyl halides is 2. The second kappa shape index (κ2) is 2.61. The fourth-order valence-electron chi connectivity index (χ4n) is 1.67. The molecule has 0 aromatic heterocycles. The van der Waals surface area contributed by atoms with Gasteiger partial charge in [-0.15, -0.1) is 0 Å². The molecule has 0 radical (unpaired) electrons. The summed E-state index contributed by atoms with van der Waals surface area (Å²) in [5.41, 5.74) is 0. The standard InChI is InChI=1S/C6H6BrClO4S/c7-6(8)5-3(1-4(9)12-5)2-13(6,10)11/h3,5H,1-2H2/t3-,5-,6-/m1/s1. The zero-order valence-corrected chi connectivity index (χ0v) is 9.52. The molecule has 0 N–H and O–H groups in total. The summed E-state index contributed by atoms with van der Waals surface area (Å²) in [6, 6.07) is 0. The molecule has 0 saturated carbocycles. The van der Waals surface area contributed by atoms with Crippen molar-refractivity contribution in [2.24, 2.45) is 5.92 Å². The van der Waals surface area contributed by atoms with Crippen molar-refractivity contribution in [3.8, 4) is 0 Å². The lowest BCUT2D eigenvalue weighted by Crippen LogP contribution is -2.33. The molecule has 0 aromatic rings. The average Bonchev–Trinajstić information content (AvgIpc) is 2.35. The van der Waals surface area contributed by atoms with Gasteiger partial charge in [-0.25, -0.2) is 8.42 Å². The highest BCUT2D eigenvalue weighted by Crippen LogP contribution is 2.50. The molecule has 2 heterocycles. The Kier molecular flexibility index (Phi) is 1.95. The van der Waals surface area contributed by atoms with E-state index < -0.39 is 19.1 Å². The number of halogens is 2. The van der Waals surface area contributed by atoms with Crippen LogP contribution in [-0.4, -0.2) is 29.4 Å². The summed E-state index contributed by atoms with van der Waals surface area (Å²) in [6.07, 6.45) is -0.601. The van der Waals surface area contributed by atoms with Crippen LogP contribution in [0.3, 0.4) is 0 Å². The van der Waals surface area contributed by atoms with Gasteiger partial charge >= 0.3 is 5.97 Å². The Hall–Kier alpha value is 0.190. The molecule has 2 aliphatic heterocycles. The van der Waals surface area contributed by atoms with Gasteiger partial charge in [-0.1, -0.05) is 11.6 Å². The van der Waals surface area contributed by atoms with E-state index in [9.17, 15) is 13.2 Å². The van der Waals surface area contributed by atoms with Crippen molar-refractivity contribution in [2.45, 2.75) is 15.6 Å². The fourth-order valence-corrected chi connectivity index (χ4v) is 4.61. The Morgan fingerprint density at radius 3 is 2.77 bits per heavy atom. The number of rotatable bonds is 0. The highest BCUT2D eigenvalue weighted by atomic mass is 79.9. The summed E-state index contributed by atoms with van der Waals surface area (Å²) in [5.74, 6) is -0.762. The van der Waals surface area contributed by atoms with E-state index in [4.69, 9.17) is 16.3 Å². The van der Waals surface area contributed by atoms with Gasteiger partial charge in [0.05, 0.1) is 12.2 Å². The molecule has 2 saturated heterocycles. The molecule has 4 nitrogen and oxygen atoms in total. The van der Waals surface area contributed by atoms with Gasteiger partial charge < -0.3 is 4.74 Å². The fraction of sp³-hybridized carbons (Fsp3) is 0.833. The van der Waals surface area contributed by atoms with Crippen LogP contribution in [0.2, 0.25) is 0 Å². The first-order chi connectivity index (χ1) is 5.84. The maximum atomic E-state index is 11.4. The number of fused-ring (bicyclic) bond motifs is 1. The zero-order chi connectivity index (χ0) is 9.85. The summed E-state index contributed by atoms with van der Waals surface area (Å²) in [4.78, 5) is 10.9. The van der Waals surface area contributed by atoms with E-state index in [1.807, 2.05) is 0 Å². The van der Waals surface area contributed by atoms with E-state index in [2.05, 4.69) is 15.9 Å². The number of carbonyl (C=O) groups is 1. The maximum absolute atomic E-state index is 11.4. The Bertz CT molecular complexity index is 363. The molecule has 2 rings (SSSR count). The van der Waals surface area contributed by atoms with Gasteiger partial charge in [-0.05, 0) is 15.9 Å². The molecular weight excluding hydrogens is 283 g/mol. The van der Waals surface area contributed by atoms with Crippen molar-refractivity contribution >= 4 is 43.3 Å². The lowest BCUT2D eigenvalue weighted by molar-refractivity contribution is -0.141. The van der Waals surface area contributed by atoms with Gasteiger partial charge in [0.25, 0.3) is 0 Å². The lowest BCUT2D eigenvalue weighted by atomic mass is 10.1. The number of sulfone groups is 1. The molecule has 0 spiro atoms. The molecule has 0 bridgehead atoms. The van der Waals surface area contributed by atoms with Crippen LogP contribution < -0.4 is 0 Å². The third-order valence-electron chi connectivity index (χ3n) is 2.29. The quantitative estimate of drug-likeness (QED) is 0.485. The normalized spacial score (nSPS) is 47.4. The van der Waals surface area contributed by atoms with E-state index in [1.54, 1.807) is 0 Å². The Morgan fingerprint density at radius 2 is 2.23 bits per heavy atom. The van der Waals surface area contributed by atoms with Gasteiger partial charge in [-0.3, -0.25) is 4.79 Å². The zero-order valence-electron chi connectivity index (χ0n) is 6.37. The SMILES string of the molecule is O=C1C[C@@H]2CS(=O)(=O)[C@@](Cl)(Br)[C@@H]2O1. The van der Waals surface area contributed by atoms with Gasteiger partial charge in [0.15, 0.2) is 9.84 Å². The largest absolute Gasteiger partial charge is 0.458 e. The first kappa shape index (κ1) is 9.73. The Labute approximate surface area is 88.6 Å². The monoisotopic (exact) mass is 288 g/mol. The minimum atomic E-state index is -3.40. The highest BCUT2D eigenvalue weighted by molar-refractivity contribution is 9.12. The molecule has 0 aromatic carbocycles. The van der Waals surface area contributed by atoms with E-state index in [-0.39, 0.29) is 24.1 Å². The number of carbonyl (C=O) groups excluding carboxylic acids is 1. The van der Waals surface area contributed by atoms with E-state index >= 15 is 0 Å². The molecule has 74 valence electrons. The van der Waals surface area contributed by atoms with Crippen LogP contribution in [0.1, 0.15) is 6.42 Å². The number of esters is 1. The third-order valence-corrected chi connectivity index (χ3v) is 7.07. The topological polar surface area (TPSA) is 60.4 Å². The first-order valence-electron chi connectivity index (χ1n) is 3.64. The predicted octanol–water partition coefficient (Wildman–Crippen LogP) is 0.634. The van der Waals surface area contributed by atoms with Crippen LogP contribution in [0.15, 0.2) is 0 Å². The van der Waals surface area contributed by atoms with Crippen LogP contribution in [-0.2, 0) is 19.4 Å². The van der Waals surface area contributed by atoms with Crippen LogP contribution in [0.5, 0.6) is 0 Å². The van der Waals surface area contributed by atoms with Gasteiger partial charge in [0.1, 0.15) is 6.10 Å². The molecule has 0 amide bonds. The van der Waals surface area contributed by atoms with Crippen LogP contribution in [0.25, 0.3) is 0 Å². The van der Waals surface area contributed by atoms with Crippen molar-refractivity contribution in [3.05, 3.63) is 0 Å². The summed E-state index contributed by atoms with van der Waals surface area (Å²) in [5, 5.41) is 0. The molecule has 0 unspecified atom stereocenters. The molecule has 0 aliphatic carbocycles. The molecule has 2 fully saturated rings. The lowest BCUT2D eigenvalue weighted by Gasteiger charge is -2.18. The third kappa shape index (κ3) is 1.22. The van der Waals surface area contributed by atoms with Crippen LogP contribution in [0.4, 0.5) is 0 Å². The molecule has 7 heteroatoms. The number of hydrogen-bond acceptors (Lipinski definition) is 4. The smallest absolute Gasteiger partial charge is 0.306 e.